The Hall–Kier alpha value is -0.810. The Morgan fingerprint density at radius 3 is 2.60 bits per heavy atom. The molecular weight excluding hydrogens is 280 g/mol. The molecule has 1 amide bonds. The summed E-state index contributed by atoms with van der Waals surface area (Å²) in [6.45, 7) is 7.75. The number of carbonyl (C=O) groups excluding carboxylic acids is 2. The second kappa shape index (κ2) is 10.00. The summed E-state index contributed by atoms with van der Waals surface area (Å²) in [5, 5.41) is 6.08. The van der Waals surface area contributed by atoms with Gasteiger partial charge in [-0.1, -0.05) is 20.3 Å². The maximum atomic E-state index is 12.2. The number of piperidine rings is 1. The van der Waals surface area contributed by atoms with Gasteiger partial charge in [-0.15, -0.1) is 12.4 Å². The highest BCUT2D eigenvalue weighted by atomic mass is 35.5. The van der Waals surface area contributed by atoms with Crippen molar-refractivity contribution >= 4 is 24.3 Å². The van der Waals surface area contributed by atoms with E-state index in [1.807, 2.05) is 13.8 Å². The average molecular weight is 307 g/mol. The van der Waals surface area contributed by atoms with Crippen LogP contribution in [0, 0.1) is 11.8 Å². The maximum absolute atomic E-state index is 12.2. The summed E-state index contributed by atoms with van der Waals surface area (Å²) in [5.74, 6) is -0.311. The van der Waals surface area contributed by atoms with Crippen LogP contribution < -0.4 is 10.6 Å². The van der Waals surface area contributed by atoms with Crippen molar-refractivity contribution < 1.29 is 14.3 Å². The minimum absolute atomic E-state index is 0. The second-order valence-electron chi connectivity index (χ2n) is 5.17. The average Bonchev–Trinajstić information content (AvgIpc) is 2.44. The van der Waals surface area contributed by atoms with E-state index in [2.05, 4.69) is 10.6 Å². The van der Waals surface area contributed by atoms with Crippen molar-refractivity contribution in [2.45, 2.75) is 46.1 Å². The van der Waals surface area contributed by atoms with Crippen LogP contribution in [-0.2, 0) is 14.3 Å². The molecule has 20 heavy (non-hydrogen) atoms. The zero-order valence-corrected chi connectivity index (χ0v) is 13.4. The fourth-order valence-corrected chi connectivity index (χ4v) is 2.25. The first-order valence-corrected chi connectivity index (χ1v) is 7.27. The third kappa shape index (κ3) is 5.67. The van der Waals surface area contributed by atoms with Crippen LogP contribution in [0.1, 0.15) is 40.0 Å². The molecule has 0 aromatic heterocycles. The lowest BCUT2D eigenvalue weighted by molar-refractivity contribution is -0.149. The van der Waals surface area contributed by atoms with Gasteiger partial charge in [0.2, 0.25) is 5.91 Å². The van der Waals surface area contributed by atoms with Gasteiger partial charge in [-0.05, 0) is 32.2 Å². The van der Waals surface area contributed by atoms with Crippen LogP contribution in [0.4, 0.5) is 0 Å². The molecule has 0 aromatic carbocycles. The molecule has 6 heteroatoms. The number of esters is 1. The van der Waals surface area contributed by atoms with Crippen molar-refractivity contribution in [2.24, 2.45) is 11.8 Å². The van der Waals surface area contributed by atoms with E-state index in [0.717, 1.165) is 25.8 Å². The van der Waals surface area contributed by atoms with E-state index >= 15 is 0 Å². The highest BCUT2D eigenvalue weighted by molar-refractivity contribution is 5.86. The van der Waals surface area contributed by atoms with E-state index in [-0.39, 0.29) is 36.1 Å². The van der Waals surface area contributed by atoms with Gasteiger partial charge < -0.3 is 15.4 Å². The summed E-state index contributed by atoms with van der Waals surface area (Å²) >= 11 is 0. The first-order valence-electron chi connectivity index (χ1n) is 7.27. The van der Waals surface area contributed by atoms with Gasteiger partial charge in [-0.2, -0.15) is 0 Å². The minimum Gasteiger partial charge on any atom is -0.464 e. The van der Waals surface area contributed by atoms with Gasteiger partial charge in [0.1, 0.15) is 6.04 Å². The molecule has 3 atom stereocenters. The van der Waals surface area contributed by atoms with E-state index < -0.39 is 6.04 Å². The van der Waals surface area contributed by atoms with Gasteiger partial charge in [-0.3, -0.25) is 4.79 Å². The quantitative estimate of drug-likeness (QED) is 0.730. The van der Waals surface area contributed by atoms with E-state index in [0.29, 0.717) is 13.2 Å². The fraction of sp³-hybridized carbons (Fsp3) is 0.857. The molecule has 1 aliphatic rings. The topological polar surface area (TPSA) is 67.4 Å². The molecule has 5 nitrogen and oxygen atoms in total. The molecule has 1 heterocycles. The molecule has 118 valence electrons. The highest BCUT2D eigenvalue weighted by Gasteiger charge is 2.30. The predicted molar refractivity (Wildman–Crippen MR) is 80.9 cm³/mol. The summed E-state index contributed by atoms with van der Waals surface area (Å²) in [5.41, 5.74) is 0. The summed E-state index contributed by atoms with van der Waals surface area (Å²) in [6.07, 6.45) is 2.72. The zero-order chi connectivity index (χ0) is 14.3. The molecule has 1 saturated heterocycles. The number of halogens is 1. The summed E-state index contributed by atoms with van der Waals surface area (Å²) < 4.78 is 5.05. The third-order valence-electron chi connectivity index (χ3n) is 3.72. The SMILES string of the molecule is CCOC(=O)C(NC(=O)C1CCCNC1)C(C)CC.Cl. The van der Waals surface area contributed by atoms with Crippen molar-refractivity contribution in [3.8, 4) is 0 Å². The van der Waals surface area contributed by atoms with Gasteiger partial charge in [0.05, 0.1) is 12.5 Å². The van der Waals surface area contributed by atoms with E-state index in [1.165, 1.54) is 0 Å². The lowest BCUT2D eigenvalue weighted by Gasteiger charge is -2.27. The lowest BCUT2D eigenvalue weighted by Crippen LogP contribution is -2.50. The smallest absolute Gasteiger partial charge is 0.328 e. The van der Waals surface area contributed by atoms with Crippen molar-refractivity contribution in [1.29, 1.82) is 0 Å². The van der Waals surface area contributed by atoms with Gasteiger partial charge >= 0.3 is 5.97 Å². The van der Waals surface area contributed by atoms with Gasteiger partial charge in [-0.25, -0.2) is 4.79 Å². The fourth-order valence-electron chi connectivity index (χ4n) is 2.25. The number of amides is 1. The van der Waals surface area contributed by atoms with Crippen LogP contribution in [-0.4, -0.2) is 37.6 Å². The second-order valence-corrected chi connectivity index (χ2v) is 5.17. The van der Waals surface area contributed by atoms with Crippen molar-refractivity contribution in [1.82, 2.24) is 10.6 Å². The molecule has 1 aliphatic heterocycles. The lowest BCUT2D eigenvalue weighted by atomic mass is 9.95. The van der Waals surface area contributed by atoms with Crippen LogP contribution in [0.5, 0.6) is 0 Å². The molecule has 3 unspecified atom stereocenters. The highest BCUT2D eigenvalue weighted by Crippen LogP contribution is 2.14. The molecule has 0 aromatic rings. The Bertz CT molecular complexity index is 307. The first kappa shape index (κ1) is 19.2. The molecule has 2 N–H and O–H groups in total. The predicted octanol–water partition coefficient (Wildman–Crippen LogP) is 1.50. The Kier molecular flexibility index (Phi) is 9.59. The molecule has 1 fully saturated rings. The number of carbonyl (C=O) groups is 2. The van der Waals surface area contributed by atoms with Crippen LogP contribution in [0.2, 0.25) is 0 Å². The van der Waals surface area contributed by atoms with E-state index in [9.17, 15) is 9.59 Å². The number of hydrogen-bond acceptors (Lipinski definition) is 4. The number of nitrogens with one attached hydrogen (secondary N) is 2. The molecule has 0 bridgehead atoms. The number of hydrogen-bond donors (Lipinski definition) is 2. The standard InChI is InChI=1S/C14H26N2O3.ClH/c1-4-10(3)12(14(18)19-5-2)16-13(17)11-7-6-8-15-9-11;/h10-12,15H,4-9H2,1-3H3,(H,16,17);1H. The summed E-state index contributed by atoms with van der Waals surface area (Å²) in [7, 11) is 0. The van der Waals surface area contributed by atoms with Crippen LogP contribution in [0.25, 0.3) is 0 Å². The Morgan fingerprint density at radius 1 is 1.40 bits per heavy atom. The summed E-state index contributed by atoms with van der Waals surface area (Å²) in [4.78, 5) is 24.1. The van der Waals surface area contributed by atoms with Crippen molar-refractivity contribution in [3.05, 3.63) is 0 Å². The van der Waals surface area contributed by atoms with E-state index in [1.54, 1.807) is 6.92 Å². The molecule has 0 radical (unpaired) electrons. The van der Waals surface area contributed by atoms with Crippen LogP contribution in [0.3, 0.4) is 0 Å². The maximum Gasteiger partial charge on any atom is 0.328 e. The van der Waals surface area contributed by atoms with E-state index in [4.69, 9.17) is 4.74 Å². The number of rotatable bonds is 6. The molecule has 1 rings (SSSR count). The molecule has 0 saturated carbocycles. The van der Waals surface area contributed by atoms with Gasteiger partial charge in [0.15, 0.2) is 0 Å². The largest absolute Gasteiger partial charge is 0.464 e. The van der Waals surface area contributed by atoms with Crippen molar-refractivity contribution in [2.75, 3.05) is 19.7 Å². The number of ether oxygens (including phenoxy) is 1. The van der Waals surface area contributed by atoms with Crippen LogP contribution in [0.15, 0.2) is 0 Å². The van der Waals surface area contributed by atoms with Gasteiger partial charge in [0, 0.05) is 6.54 Å². The molecular formula is C14H27ClN2O3. The van der Waals surface area contributed by atoms with Gasteiger partial charge in [0.25, 0.3) is 0 Å². The Morgan fingerprint density at radius 2 is 2.10 bits per heavy atom. The minimum atomic E-state index is -0.528. The Balaban J connectivity index is 0.00000361. The Labute approximate surface area is 127 Å². The third-order valence-corrected chi connectivity index (χ3v) is 3.72. The monoisotopic (exact) mass is 306 g/mol. The normalized spacial score (nSPS) is 21.2. The zero-order valence-electron chi connectivity index (χ0n) is 12.6. The van der Waals surface area contributed by atoms with Crippen LogP contribution >= 0.6 is 12.4 Å². The van der Waals surface area contributed by atoms with Crippen molar-refractivity contribution in [3.63, 3.8) is 0 Å². The molecule has 0 aliphatic carbocycles. The summed E-state index contributed by atoms with van der Waals surface area (Å²) in [6, 6.07) is -0.528. The first-order chi connectivity index (χ1) is 9.10. The molecule has 0 spiro atoms.